The lowest BCUT2D eigenvalue weighted by Gasteiger charge is -2.35. The van der Waals surface area contributed by atoms with E-state index in [2.05, 4.69) is 5.32 Å². The molecule has 1 saturated heterocycles. The third kappa shape index (κ3) is 4.40. The second kappa shape index (κ2) is 7.62. The van der Waals surface area contributed by atoms with E-state index in [4.69, 9.17) is 0 Å². The molecule has 2 N–H and O–H groups in total. The van der Waals surface area contributed by atoms with Gasteiger partial charge in [-0.1, -0.05) is 6.07 Å². The number of amides is 1. The van der Waals surface area contributed by atoms with Gasteiger partial charge in [0, 0.05) is 24.3 Å². The number of anilines is 1. The summed E-state index contributed by atoms with van der Waals surface area (Å²) in [7, 11) is -3.76. The van der Waals surface area contributed by atoms with Gasteiger partial charge in [0.1, 0.15) is 5.82 Å². The number of hydrogen-bond acceptors (Lipinski definition) is 4. The highest BCUT2D eigenvalue weighted by Gasteiger charge is 2.34. The largest absolute Gasteiger partial charge is 0.390 e. The highest BCUT2D eigenvalue weighted by molar-refractivity contribution is 7.89. The lowest BCUT2D eigenvalue weighted by Crippen LogP contribution is -2.45. The molecule has 1 heterocycles. The SMILES string of the molecule is Cc1cc(NC(=O)c2cccc(S(=O)(=O)N3CCC(C)(O)CC3)c2)ccc1F. The molecule has 0 spiro atoms. The minimum Gasteiger partial charge on any atom is -0.390 e. The van der Waals surface area contributed by atoms with E-state index in [1.807, 2.05) is 0 Å². The first-order valence-electron chi connectivity index (χ1n) is 8.99. The van der Waals surface area contributed by atoms with Gasteiger partial charge in [-0.3, -0.25) is 4.79 Å². The monoisotopic (exact) mass is 406 g/mol. The van der Waals surface area contributed by atoms with Crippen molar-refractivity contribution in [1.29, 1.82) is 0 Å². The fourth-order valence-electron chi connectivity index (χ4n) is 3.08. The molecule has 28 heavy (non-hydrogen) atoms. The summed E-state index contributed by atoms with van der Waals surface area (Å²) in [6, 6.07) is 10.0. The Hall–Kier alpha value is -2.29. The van der Waals surface area contributed by atoms with E-state index in [1.54, 1.807) is 13.8 Å². The predicted molar refractivity (Wildman–Crippen MR) is 104 cm³/mol. The lowest BCUT2D eigenvalue weighted by molar-refractivity contribution is 0.0126. The summed E-state index contributed by atoms with van der Waals surface area (Å²) in [6.07, 6.45) is 0.715. The minimum atomic E-state index is -3.76. The van der Waals surface area contributed by atoms with Gasteiger partial charge in [0.15, 0.2) is 0 Å². The van der Waals surface area contributed by atoms with Gasteiger partial charge in [0.25, 0.3) is 5.91 Å². The molecule has 1 aliphatic rings. The van der Waals surface area contributed by atoms with Crippen LogP contribution in [0.15, 0.2) is 47.4 Å². The van der Waals surface area contributed by atoms with Crippen LogP contribution >= 0.6 is 0 Å². The highest BCUT2D eigenvalue weighted by atomic mass is 32.2. The summed E-state index contributed by atoms with van der Waals surface area (Å²) in [6.45, 7) is 3.73. The third-order valence-corrected chi connectivity index (χ3v) is 6.84. The second-order valence-corrected chi connectivity index (χ2v) is 9.28. The molecule has 0 bridgehead atoms. The van der Waals surface area contributed by atoms with E-state index in [9.17, 15) is 22.7 Å². The number of nitrogens with one attached hydrogen (secondary N) is 1. The maximum atomic E-state index is 13.4. The van der Waals surface area contributed by atoms with Gasteiger partial charge in [0.2, 0.25) is 10.0 Å². The molecule has 1 fully saturated rings. The van der Waals surface area contributed by atoms with Crippen LogP contribution in [0.5, 0.6) is 0 Å². The minimum absolute atomic E-state index is 0.0250. The van der Waals surface area contributed by atoms with Crippen molar-refractivity contribution in [3.63, 3.8) is 0 Å². The van der Waals surface area contributed by atoms with Crippen LogP contribution in [0.25, 0.3) is 0 Å². The van der Waals surface area contributed by atoms with Crippen LogP contribution in [0, 0.1) is 12.7 Å². The number of aliphatic hydroxyl groups is 1. The Bertz CT molecular complexity index is 995. The van der Waals surface area contributed by atoms with Crippen LogP contribution in [0.4, 0.5) is 10.1 Å². The van der Waals surface area contributed by atoms with Crippen molar-refractivity contribution in [2.45, 2.75) is 37.2 Å². The topological polar surface area (TPSA) is 86.7 Å². The van der Waals surface area contributed by atoms with Crippen molar-refractivity contribution in [3.05, 3.63) is 59.4 Å². The molecule has 0 unspecified atom stereocenters. The first kappa shape index (κ1) is 20.4. The quantitative estimate of drug-likeness (QED) is 0.817. The van der Waals surface area contributed by atoms with Gasteiger partial charge < -0.3 is 10.4 Å². The number of carbonyl (C=O) groups is 1. The standard InChI is InChI=1S/C20H23FN2O4S/c1-14-12-16(6-7-18(14)21)22-19(24)15-4-3-5-17(13-15)28(26,27)23-10-8-20(2,25)9-11-23/h3-7,12-13,25H,8-11H2,1-2H3,(H,22,24). The molecule has 3 rings (SSSR count). The molecule has 0 radical (unpaired) electrons. The van der Waals surface area contributed by atoms with E-state index < -0.39 is 21.5 Å². The average Bonchev–Trinajstić information content (AvgIpc) is 2.64. The van der Waals surface area contributed by atoms with Crippen LogP contribution < -0.4 is 5.32 Å². The number of carbonyl (C=O) groups excluding carboxylic acids is 1. The molecule has 1 amide bonds. The molecule has 0 saturated carbocycles. The average molecular weight is 406 g/mol. The Balaban J connectivity index is 1.79. The number of sulfonamides is 1. The van der Waals surface area contributed by atoms with Gasteiger partial charge in [-0.05, 0) is 68.7 Å². The molecular weight excluding hydrogens is 383 g/mol. The van der Waals surface area contributed by atoms with Crippen LogP contribution in [-0.4, -0.2) is 42.4 Å². The van der Waals surface area contributed by atoms with Gasteiger partial charge in [-0.15, -0.1) is 0 Å². The molecule has 2 aromatic rings. The van der Waals surface area contributed by atoms with Crippen molar-refractivity contribution in [1.82, 2.24) is 4.31 Å². The van der Waals surface area contributed by atoms with Gasteiger partial charge >= 0.3 is 0 Å². The number of benzene rings is 2. The number of piperidine rings is 1. The normalized spacial score (nSPS) is 17.3. The molecule has 0 aliphatic carbocycles. The maximum Gasteiger partial charge on any atom is 0.255 e. The molecule has 2 aromatic carbocycles. The van der Waals surface area contributed by atoms with Crippen LogP contribution in [0.1, 0.15) is 35.7 Å². The van der Waals surface area contributed by atoms with E-state index in [0.717, 1.165) is 0 Å². The Morgan fingerprint density at radius 2 is 1.86 bits per heavy atom. The molecule has 0 aromatic heterocycles. The maximum absolute atomic E-state index is 13.4. The summed E-state index contributed by atoms with van der Waals surface area (Å²) < 4.78 is 40.5. The molecule has 8 heteroatoms. The Kier molecular flexibility index (Phi) is 5.56. The zero-order valence-corrected chi connectivity index (χ0v) is 16.6. The summed E-state index contributed by atoms with van der Waals surface area (Å²) in [4.78, 5) is 12.5. The van der Waals surface area contributed by atoms with Gasteiger partial charge in [-0.25, -0.2) is 12.8 Å². The highest BCUT2D eigenvalue weighted by Crippen LogP contribution is 2.26. The van der Waals surface area contributed by atoms with Crippen molar-refractivity contribution in [2.24, 2.45) is 0 Å². The molecule has 0 atom stereocenters. The summed E-state index contributed by atoms with van der Waals surface area (Å²) >= 11 is 0. The lowest BCUT2D eigenvalue weighted by atomic mass is 9.95. The fraction of sp³-hybridized carbons (Fsp3) is 0.350. The molecule has 1 aliphatic heterocycles. The number of nitrogens with zero attached hydrogens (tertiary/aromatic N) is 1. The Morgan fingerprint density at radius 1 is 1.18 bits per heavy atom. The van der Waals surface area contributed by atoms with E-state index in [0.29, 0.717) is 24.1 Å². The van der Waals surface area contributed by atoms with Crippen LogP contribution in [-0.2, 0) is 10.0 Å². The first-order valence-corrected chi connectivity index (χ1v) is 10.4. The van der Waals surface area contributed by atoms with Crippen molar-refractivity contribution in [3.8, 4) is 0 Å². The summed E-state index contributed by atoms with van der Waals surface area (Å²) in [5.41, 5.74) is 0.152. The van der Waals surface area contributed by atoms with Crippen LogP contribution in [0.2, 0.25) is 0 Å². The fourth-order valence-corrected chi connectivity index (χ4v) is 4.57. The van der Waals surface area contributed by atoms with E-state index in [-0.39, 0.29) is 29.4 Å². The van der Waals surface area contributed by atoms with Crippen molar-refractivity contribution in [2.75, 3.05) is 18.4 Å². The second-order valence-electron chi connectivity index (χ2n) is 7.35. The van der Waals surface area contributed by atoms with Crippen molar-refractivity contribution >= 4 is 21.6 Å². The zero-order valence-electron chi connectivity index (χ0n) is 15.8. The third-order valence-electron chi connectivity index (χ3n) is 4.95. The smallest absolute Gasteiger partial charge is 0.255 e. The Labute approximate surface area is 164 Å². The van der Waals surface area contributed by atoms with Gasteiger partial charge in [0.05, 0.1) is 10.5 Å². The zero-order chi connectivity index (χ0) is 20.5. The predicted octanol–water partition coefficient (Wildman–Crippen LogP) is 2.92. The molecular formula is C20H23FN2O4S. The number of hydrogen-bond donors (Lipinski definition) is 2. The molecule has 150 valence electrons. The van der Waals surface area contributed by atoms with Crippen molar-refractivity contribution < 1.29 is 22.7 Å². The number of rotatable bonds is 4. The summed E-state index contributed by atoms with van der Waals surface area (Å²) in [5, 5.41) is 12.7. The summed E-state index contributed by atoms with van der Waals surface area (Å²) in [5.74, 6) is -0.851. The molecule has 6 nitrogen and oxygen atoms in total. The van der Waals surface area contributed by atoms with E-state index in [1.165, 1.54) is 46.8 Å². The van der Waals surface area contributed by atoms with Gasteiger partial charge in [-0.2, -0.15) is 4.31 Å². The number of aryl methyl sites for hydroxylation is 1. The Morgan fingerprint density at radius 3 is 2.50 bits per heavy atom. The number of halogens is 1. The van der Waals surface area contributed by atoms with Crippen LogP contribution in [0.3, 0.4) is 0 Å². The van der Waals surface area contributed by atoms with E-state index >= 15 is 0 Å². The first-order chi connectivity index (χ1) is 13.1.